The van der Waals surface area contributed by atoms with Crippen LogP contribution in [0.3, 0.4) is 0 Å². The van der Waals surface area contributed by atoms with Gasteiger partial charge in [-0.2, -0.15) is 13.2 Å². The Morgan fingerprint density at radius 1 is 1.24 bits per heavy atom. The van der Waals surface area contributed by atoms with Crippen LogP contribution in [0.15, 0.2) is 22.7 Å². The fraction of sp³-hybridized carbons (Fsp3) is 0.600. The molecular weight excluding hydrogens is 345 g/mol. The highest BCUT2D eigenvalue weighted by atomic mass is 79.9. The Labute approximate surface area is 131 Å². The minimum absolute atomic E-state index is 0.222. The van der Waals surface area contributed by atoms with Crippen LogP contribution in [0.25, 0.3) is 0 Å². The molecule has 0 radical (unpaired) electrons. The van der Waals surface area contributed by atoms with E-state index in [1.807, 2.05) is 0 Å². The summed E-state index contributed by atoms with van der Waals surface area (Å²) in [5.41, 5.74) is -0.0966. The average molecular weight is 365 g/mol. The molecule has 1 aliphatic heterocycles. The summed E-state index contributed by atoms with van der Waals surface area (Å²) < 4.78 is 39.0. The summed E-state index contributed by atoms with van der Waals surface area (Å²) in [4.78, 5) is 2.39. The van der Waals surface area contributed by atoms with Crippen LogP contribution in [0.4, 0.5) is 18.9 Å². The molecule has 0 aromatic heterocycles. The first kappa shape index (κ1) is 16.6. The standard InChI is InChI=1S/C15H20BrF3N2/c1-10(2)21-7-5-12(6-8-21)20-14-9-11(15(17,18)19)3-4-13(14)16/h3-4,9-10,12,20H,5-8H2,1-2H3. The number of benzene rings is 1. The van der Waals surface area contributed by atoms with Crippen molar-refractivity contribution in [2.45, 2.75) is 44.9 Å². The molecule has 1 N–H and O–H groups in total. The van der Waals surface area contributed by atoms with Crippen LogP contribution in [0.2, 0.25) is 0 Å². The number of nitrogens with one attached hydrogen (secondary N) is 1. The molecule has 2 nitrogen and oxygen atoms in total. The average Bonchev–Trinajstić information content (AvgIpc) is 2.40. The molecule has 1 heterocycles. The lowest BCUT2D eigenvalue weighted by Crippen LogP contribution is -2.42. The van der Waals surface area contributed by atoms with Gasteiger partial charge >= 0.3 is 6.18 Å². The third-order valence-electron chi connectivity index (χ3n) is 3.91. The molecule has 21 heavy (non-hydrogen) atoms. The maximum absolute atomic E-state index is 12.8. The fourth-order valence-corrected chi connectivity index (χ4v) is 2.95. The molecule has 2 rings (SSSR count). The molecule has 0 spiro atoms. The number of hydrogen-bond donors (Lipinski definition) is 1. The van der Waals surface area contributed by atoms with E-state index in [0.29, 0.717) is 16.2 Å². The van der Waals surface area contributed by atoms with Crippen molar-refractivity contribution in [3.8, 4) is 0 Å². The highest BCUT2D eigenvalue weighted by Gasteiger charge is 2.31. The first-order valence-corrected chi connectivity index (χ1v) is 7.94. The van der Waals surface area contributed by atoms with Crippen LogP contribution in [0.1, 0.15) is 32.3 Å². The second-order valence-electron chi connectivity index (χ2n) is 5.74. The molecule has 1 saturated heterocycles. The van der Waals surface area contributed by atoms with E-state index in [1.54, 1.807) is 0 Å². The summed E-state index contributed by atoms with van der Waals surface area (Å²) >= 11 is 3.32. The minimum atomic E-state index is -4.31. The third-order valence-corrected chi connectivity index (χ3v) is 4.60. The minimum Gasteiger partial charge on any atom is -0.381 e. The van der Waals surface area contributed by atoms with Crippen molar-refractivity contribution in [2.24, 2.45) is 0 Å². The molecular formula is C15H20BrF3N2. The van der Waals surface area contributed by atoms with Crippen molar-refractivity contribution >= 4 is 21.6 Å². The maximum atomic E-state index is 12.8. The van der Waals surface area contributed by atoms with E-state index in [1.165, 1.54) is 12.1 Å². The predicted molar refractivity (Wildman–Crippen MR) is 82.5 cm³/mol. The summed E-state index contributed by atoms with van der Waals surface area (Å²) in [5.74, 6) is 0. The molecule has 0 amide bonds. The zero-order valence-electron chi connectivity index (χ0n) is 12.2. The second-order valence-corrected chi connectivity index (χ2v) is 6.60. The molecule has 0 atom stereocenters. The van der Waals surface area contributed by atoms with Crippen LogP contribution in [0.5, 0.6) is 0 Å². The number of anilines is 1. The molecule has 118 valence electrons. The van der Waals surface area contributed by atoms with E-state index in [0.717, 1.165) is 32.0 Å². The van der Waals surface area contributed by atoms with E-state index in [9.17, 15) is 13.2 Å². The summed E-state index contributed by atoms with van der Waals surface area (Å²) in [6.45, 7) is 6.28. The van der Waals surface area contributed by atoms with Crippen LogP contribution < -0.4 is 5.32 Å². The Morgan fingerprint density at radius 3 is 2.38 bits per heavy atom. The largest absolute Gasteiger partial charge is 0.416 e. The van der Waals surface area contributed by atoms with Gasteiger partial charge in [-0.15, -0.1) is 0 Å². The van der Waals surface area contributed by atoms with Crippen molar-refractivity contribution in [1.29, 1.82) is 0 Å². The van der Waals surface area contributed by atoms with Gasteiger partial charge in [0.25, 0.3) is 0 Å². The molecule has 0 unspecified atom stereocenters. The quantitative estimate of drug-likeness (QED) is 0.832. The Kier molecular flexibility index (Phi) is 5.20. The number of likely N-dealkylation sites (tertiary alicyclic amines) is 1. The summed E-state index contributed by atoms with van der Waals surface area (Å²) in [7, 11) is 0. The number of hydrogen-bond acceptors (Lipinski definition) is 2. The van der Waals surface area contributed by atoms with Crippen molar-refractivity contribution in [3.05, 3.63) is 28.2 Å². The number of nitrogens with zero attached hydrogens (tertiary/aromatic N) is 1. The topological polar surface area (TPSA) is 15.3 Å². The Balaban J connectivity index is 2.03. The van der Waals surface area contributed by atoms with Crippen LogP contribution >= 0.6 is 15.9 Å². The maximum Gasteiger partial charge on any atom is 0.416 e. The van der Waals surface area contributed by atoms with Crippen LogP contribution in [0, 0.1) is 0 Å². The van der Waals surface area contributed by atoms with Crippen molar-refractivity contribution < 1.29 is 13.2 Å². The Hall–Kier alpha value is -0.750. The van der Waals surface area contributed by atoms with Gasteiger partial charge in [-0.25, -0.2) is 0 Å². The van der Waals surface area contributed by atoms with Gasteiger partial charge in [0, 0.05) is 35.3 Å². The highest BCUT2D eigenvalue weighted by molar-refractivity contribution is 9.10. The van der Waals surface area contributed by atoms with E-state index in [4.69, 9.17) is 0 Å². The monoisotopic (exact) mass is 364 g/mol. The van der Waals surface area contributed by atoms with Gasteiger partial charge in [-0.05, 0) is 60.8 Å². The summed E-state index contributed by atoms with van der Waals surface area (Å²) in [5, 5.41) is 3.25. The van der Waals surface area contributed by atoms with Gasteiger partial charge in [-0.1, -0.05) is 0 Å². The van der Waals surface area contributed by atoms with E-state index in [-0.39, 0.29) is 6.04 Å². The van der Waals surface area contributed by atoms with E-state index in [2.05, 4.69) is 40.0 Å². The fourth-order valence-electron chi connectivity index (χ4n) is 2.59. The van der Waals surface area contributed by atoms with Crippen LogP contribution in [-0.4, -0.2) is 30.1 Å². The smallest absolute Gasteiger partial charge is 0.381 e. The lowest BCUT2D eigenvalue weighted by molar-refractivity contribution is -0.137. The predicted octanol–water partition coefficient (Wildman–Crippen LogP) is 4.75. The lowest BCUT2D eigenvalue weighted by Gasteiger charge is -2.35. The molecule has 1 aromatic carbocycles. The highest BCUT2D eigenvalue weighted by Crippen LogP contribution is 2.34. The molecule has 6 heteroatoms. The molecule has 1 aliphatic rings. The van der Waals surface area contributed by atoms with E-state index < -0.39 is 11.7 Å². The lowest BCUT2D eigenvalue weighted by atomic mass is 10.0. The van der Waals surface area contributed by atoms with Gasteiger partial charge < -0.3 is 10.2 Å². The summed E-state index contributed by atoms with van der Waals surface area (Å²) in [6, 6.07) is 4.47. The van der Waals surface area contributed by atoms with Gasteiger partial charge in [0.15, 0.2) is 0 Å². The van der Waals surface area contributed by atoms with Crippen molar-refractivity contribution in [2.75, 3.05) is 18.4 Å². The van der Waals surface area contributed by atoms with Crippen molar-refractivity contribution in [3.63, 3.8) is 0 Å². The number of piperidine rings is 1. The van der Waals surface area contributed by atoms with Crippen molar-refractivity contribution in [1.82, 2.24) is 4.90 Å². The van der Waals surface area contributed by atoms with E-state index >= 15 is 0 Å². The number of halogens is 4. The summed E-state index contributed by atoms with van der Waals surface area (Å²) in [6.07, 6.45) is -2.42. The van der Waals surface area contributed by atoms with Gasteiger partial charge in [-0.3, -0.25) is 0 Å². The third kappa shape index (κ3) is 4.36. The number of alkyl halides is 3. The first-order chi connectivity index (χ1) is 9.77. The normalized spacial score (nSPS) is 18.2. The van der Waals surface area contributed by atoms with Gasteiger partial charge in [0.1, 0.15) is 0 Å². The molecule has 1 aromatic rings. The SMILES string of the molecule is CC(C)N1CCC(Nc2cc(C(F)(F)F)ccc2Br)CC1. The van der Waals surface area contributed by atoms with Gasteiger partial charge in [0.2, 0.25) is 0 Å². The first-order valence-electron chi connectivity index (χ1n) is 7.14. The number of rotatable bonds is 3. The zero-order valence-corrected chi connectivity index (χ0v) is 13.8. The van der Waals surface area contributed by atoms with Crippen LogP contribution in [-0.2, 0) is 6.18 Å². The van der Waals surface area contributed by atoms with Gasteiger partial charge in [0.05, 0.1) is 5.56 Å². The molecule has 1 fully saturated rings. The second kappa shape index (κ2) is 6.57. The molecule has 0 saturated carbocycles. The zero-order chi connectivity index (χ0) is 15.6. The Morgan fingerprint density at radius 2 is 1.86 bits per heavy atom. The molecule has 0 bridgehead atoms. The Bertz CT molecular complexity index is 480. The molecule has 0 aliphatic carbocycles.